The van der Waals surface area contributed by atoms with Gasteiger partial charge in [-0.15, -0.1) is 0 Å². The number of hydrogen-bond donors (Lipinski definition) is 0. The number of nitrogens with zero attached hydrogens (tertiary/aromatic N) is 5. The molecule has 0 aliphatic carbocycles. The minimum atomic E-state index is -0.389. The van der Waals surface area contributed by atoms with Gasteiger partial charge in [-0.25, -0.2) is 9.97 Å². The van der Waals surface area contributed by atoms with Crippen molar-refractivity contribution in [3.63, 3.8) is 0 Å². The zero-order valence-electron chi connectivity index (χ0n) is 12.7. The van der Waals surface area contributed by atoms with Crippen LogP contribution in [0.15, 0.2) is 34.0 Å². The van der Waals surface area contributed by atoms with Crippen molar-refractivity contribution in [1.29, 1.82) is 0 Å². The molecule has 0 aliphatic rings. The van der Waals surface area contributed by atoms with Gasteiger partial charge in [0.15, 0.2) is 11.3 Å². The monoisotopic (exact) mass is 299 g/mol. The molecule has 7 nitrogen and oxygen atoms in total. The van der Waals surface area contributed by atoms with Crippen LogP contribution >= 0.6 is 0 Å². The molecular weight excluding hydrogens is 282 g/mol. The van der Waals surface area contributed by atoms with Crippen molar-refractivity contribution in [3.05, 3.63) is 46.7 Å². The lowest BCUT2D eigenvalue weighted by Gasteiger charge is -2.10. The Balaban J connectivity index is 1.98. The van der Waals surface area contributed by atoms with Gasteiger partial charge >= 0.3 is 0 Å². The van der Waals surface area contributed by atoms with Crippen LogP contribution in [0.25, 0.3) is 11.0 Å². The summed E-state index contributed by atoms with van der Waals surface area (Å²) in [4.78, 5) is 25.2. The fourth-order valence-electron chi connectivity index (χ4n) is 2.24. The van der Waals surface area contributed by atoms with E-state index in [0.29, 0.717) is 28.7 Å². The summed E-state index contributed by atoms with van der Waals surface area (Å²) in [5.41, 5.74) is 0.683. The normalized spacial score (nSPS) is 12.9. The lowest BCUT2D eigenvalue weighted by atomic mass is 10.1. The van der Waals surface area contributed by atoms with Crippen LogP contribution in [0.4, 0.5) is 0 Å². The molecule has 0 fully saturated rings. The average molecular weight is 299 g/mol. The predicted molar refractivity (Wildman–Crippen MR) is 80.5 cm³/mol. The first kappa shape index (κ1) is 14.4. The highest BCUT2D eigenvalue weighted by Crippen LogP contribution is 2.15. The molecule has 0 saturated carbocycles. The van der Waals surface area contributed by atoms with Crippen LogP contribution in [0.1, 0.15) is 38.5 Å². The molecule has 0 radical (unpaired) electrons. The second-order valence-corrected chi connectivity index (χ2v) is 5.65. The second kappa shape index (κ2) is 5.67. The van der Waals surface area contributed by atoms with Crippen molar-refractivity contribution in [2.24, 2.45) is 5.92 Å². The van der Waals surface area contributed by atoms with E-state index in [1.54, 1.807) is 18.3 Å². The fourth-order valence-corrected chi connectivity index (χ4v) is 2.24. The van der Waals surface area contributed by atoms with Gasteiger partial charge in [0.25, 0.3) is 5.56 Å². The summed E-state index contributed by atoms with van der Waals surface area (Å²) >= 11 is 0. The van der Waals surface area contributed by atoms with Gasteiger partial charge in [0, 0.05) is 12.6 Å². The molecule has 0 aromatic carbocycles. The summed E-state index contributed by atoms with van der Waals surface area (Å²) in [6.07, 6.45) is 3.81. The van der Waals surface area contributed by atoms with Gasteiger partial charge in [0.1, 0.15) is 6.04 Å². The highest BCUT2D eigenvalue weighted by atomic mass is 16.5. The summed E-state index contributed by atoms with van der Waals surface area (Å²) in [6, 6.07) is 3.12. The summed E-state index contributed by atoms with van der Waals surface area (Å²) in [6.45, 7) is 6.00. The SMILES string of the molecule is CC(C)Cc1noc([C@@H](C)n2cnc3cccnc3c2=O)n1. The van der Waals surface area contributed by atoms with Crippen LogP contribution < -0.4 is 5.56 Å². The van der Waals surface area contributed by atoms with E-state index in [9.17, 15) is 4.79 Å². The van der Waals surface area contributed by atoms with Gasteiger partial charge in [0.2, 0.25) is 5.89 Å². The summed E-state index contributed by atoms with van der Waals surface area (Å²) in [5.74, 6) is 1.49. The molecule has 7 heteroatoms. The first-order valence-electron chi connectivity index (χ1n) is 7.20. The molecule has 0 saturated heterocycles. The highest BCUT2D eigenvalue weighted by molar-refractivity contribution is 5.71. The lowest BCUT2D eigenvalue weighted by Crippen LogP contribution is -2.25. The lowest BCUT2D eigenvalue weighted by molar-refractivity contribution is 0.338. The Bertz CT molecular complexity index is 852. The average Bonchev–Trinajstić information content (AvgIpc) is 2.95. The summed E-state index contributed by atoms with van der Waals surface area (Å²) < 4.78 is 6.74. The van der Waals surface area contributed by atoms with Gasteiger partial charge in [-0.2, -0.15) is 4.98 Å². The molecule has 0 unspecified atom stereocenters. The van der Waals surface area contributed by atoms with E-state index >= 15 is 0 Å². The topological polar surface area (TPSA) is 86.7 Å². The van der Waals surface area contributed by atoms with Gasteiger partial charge in [0.05, 0.1) is 11.8 Å². The fraction of sp³-hybridized carbons (Fsp3) is 0.400. The standard InChI is InChI=1S/C15H17N5O2/c1-9(2)7-12-18-14(22-19-12)10(3)20-8-17-11-5-4-6-16-13(11)15(20)21/h4-6,8-10H,7H2,1-3H3/t10-/m1/s1. The molecule has 1 atom stereocenters. The third kappa shape index (κ3) is 2.61. The maximum absolute atomic E-state index is 12.5. The Labute approximate surface area is 127 Å². The number of rotatable bonds is 4. The van der Waals surface area contributed by atoms with E-state index in [0.717, 1.165) is 6.42 Å². The number of pyridine rings is 1. The van der Waals surface area contributed by atoms with Gasteiger partial charge in [-0.1, -0.05) is 19.0 Å². The quantitative estimate of drug-likeness (QED) is 0.732. The molecule has 0 spiro atoms. The molecule has 0 bridgehead atoms. The van der Waals surface area contributed by atoms with Crippen LogP contribution in [-0.2, 0) is 6.42 Å². The molecule has 0 amide bonds. The molecule has 3 rings (SSSR count). The Morgan fingerprint density at radius 3 is 2.86 bits per heavy atom. The van der Waals surface area contributed by atoms with Crippen LogP contribution in [0.5, 0.6) is 0 Å². The summed E-state index contributed by atoms with van der Waals surface area (Å²) in [7, 11) is 0. The Morgan fingerprint density at radius 1 is 1.27 bits per heavy atom. The third-order valence-electron chi connectivity index (χ3n) is 3.39. The smallest absolute Gasteiger partial charge is 0.280 e. The molecule has 3 aromatic heterocycles. The van der Waals surface area contributed by atoms with Crippen molar-refractivity contribution < 1.29 is 4.52 Å². The van der Waals surface area contributed by atoms with Crippen molar-refractivity contribution in [3.8, 4) is 0 Å². The van der Waals surface area contributed by atoms with Crippen LogP contribution in [0, 0.1) is 5.92 Å². The van der Waals surface area contributed by atoms with Gasteiger partial charge in [-0.3, -0.25) is 9.36 Å². The van der Waals surface area contributed by atoms with Gasteiger partial charge < -0.3 is 4.52 Å². The van der Waals surface area contributed by atoms with Crippen molar-refractivity contribution >= 4 is 11.0 Å². The highest BCUT2D eigenvalue weighted by Gasteiger charge is 2.19. The van der Waals surface area contributed by atoms with Crippen LogP contribution in [0.3, 0.4) is 0 Å². The molecular formula is C15H17N5O2. The van der Waals surface area contributed by atoms with Crippen molar-refractivity contribution in [2.45, 2.75) is 33.2 Å². The van der Waals surface area contributed by atoms with E-state index in [4.69, 9.17) is 4.52 Å². The van der Waals surface area contributed by atoms with E-state index < -0.39 is 0 Å². The molecule has 22 heavy (non-hydrogen) atoms. The first-order chi connectivity index (χ1) is 10.6. The first-order valence-corrected chi connectivity index (χ1v) is 7.20. The summed E-state index contributed by atoms with van der Waals surface area (Å²) in [5, 5.41) is 3.96. The molecule has 0 aliphatic heterocycles. The van der Waals surface area contributed by atoms with Crippen LogP contribution in [-0.4, -0.2) is 24.7 Å². The number of aromatic nitrogens is 5. The van der Waals surface area contributed by atoms with E-state index in [2.05, 4.69) is 34.0 Å². The molecule has 0 N–H and O–H groups in total. The number of fused-ring (bicyclic) bond motifs is 1. The number of hydrogen-bond acceptors (Lipinski definition) is 6. The molecule has 3 aromatic rings. The van der Waals surface area contributed by atoms with Crippen molar-refractivity contribution in [1.82, 2.24) is 24.7 Å². The predicted octanol–water partition coefficient (Wildman–Crippen LogP) is 1.98. The Hall–Kier alpha value is -2.57. The third-order valence-corrected chi connectivity index (χ3v) is 3.39. The zero-order chi connectivity index (χ0) is 15.7. The Morgan fingerprint density at radius 2 is 2.09 bits per heavy atom. The van der Waals surface area contributed by atoms with Gasteiger partial charge in [-0.05, 0) is 25.0 Å². The minimum absolute atomic E-state index is 0.221. The second-order valence-electron chi connectivity index (χ2n) is 5.65. The van der Waals surface area contributed by atoms with E-state index in [1.807, 2.05) is 6.92 Å². The molecule has 3 heterocycles. The Kier molecular flexibility index (Phi) is 3.70. The maximum atomic E-state index is 12.5. The van der Waals surface area contributed by atoms with Crippen LogP contribution in [0.2, 0.25) is 0 Å². The minimum Gasteiger partial charge on any atom is -0.337 e. The maximum Gasteiger partial charge on any atom is 0.280 e. The van der Waals surface area contributed by atoms with Crippen molar-refractivity contribution in [2.75, 3.05) is 0 Å². The van der Waals surface area contributed by atoms with E-state index in [1.165, 1.54) is 10.9 Å². The largest absolute Gasteiger partial charge is 0.337 e. The van der Waals surface area contributed by atoms with E-state index in [-0.39, 0.29) is 11.6 Å². The zero-order valence-corrected chi connectivity index (χ0v) is 12.7. The molecule has 114 valence electrons.